The van der Waals surface area contributed by atoms with E-state index >= 15 is 0 Å². The molecule has 1 heterocycles. The summed E-state index contributed by atoms with van der Waals surface area (Å²) in [5.74, 6) is -0.338. The van der Waals surface area contributed by atoms with Crippen LogP contribution in [0.2, 0.25) is 0 Å². The van der Waals surface area contributed by atoms with E-state index in [0.29, 0.717) is 12.6 Å². The number of esters is 1. The van der Waals surface area contributed by atoms with Crippen molar-refractivity contribution in [2.24, 2.45) is 0 Å². The zero-order valence-corrected chi connectivity index (χ0v) is 11.0. The topological polar surface area (TPSA) is 58.6 Å². The summed E-state index contributed by atoms with van der Waals surface area (Å²) in [7, 11) is 1.37. The Labute approximate surface area is 108 Å². The zero-order valence-electron chi connectivity index (χ0n) is 11.0. The van der Waals surface area contributed by atoms with E-state index in [1.165, 1.54) is 26.4 Å². The van der Waals surface area contributed by atoms with E-state index in [4.69, 9.17) is 4.74 Å². The Bertz CT molecular complexity index is 313. The van der Waals surface area contributed by atoms with Gasteiger partial charge in [-0.2, -0.15) is 0 Å². The number of carbonyl (C=O) groups is 2. The van der Waals surface area contributed by atoms with Crippen molar-refractivity contribution in [1.82, 2.24) is 10.2 Å². The molecular formula is C13H22N2O3. The lowest BCUT2D eigenvalue weighted by molar-refractivity contribution is -0.146. The summed E-state index contributed by atoms with van der Waals surface area (Å²) in [5.41, 5.74) is 0. The van der Waals surface area contributed by atoms with Gasteiger partial charge in [0.1, 0.15) is 0 Å². The summed E-state index contributed by atoms with van der Waals surface area (Å²) < 4.78 is 4.69. The Morgan fingerprint density at radius 1 is 1.39 bits per heavy atom. The maximum Gasteiger partial charge on any atom is 0.307 e. The molecule has 2 aliphatic rings. The van der Waals surface area contributed by atoms with E-state index in [1.807, 2.05) is 0 Å². The smallest absolute Gasteiger partial charge is 0.307 e. The molecule has 1 aliphatic heterocycles. The van der Waals surface area contributed by atoms with Crippen molar-refractivity contribution in [2.75, 3.05) is 20.2 Å². The fourth-order valence-corrected chi connectivity index (χ4v) is 3.03. The van der Waals surface area contributed by atoms with Gasteiger partial charge in [-0.3, -0.25) is 14.5 Å². The highest BCUT2D eigenvalue weighted by atomic mass is 16.5. The molecule has 2 rings (SSSR count). The van der Waals surface area contributed by atoms with E-state index in [2.05, 4.69) is 10.2 Å². The third-order valence-electron chi connectivity index (χ3n) is 4.00. The number of piperazine rings is 1. The molecule has 0 spiro atoms. The van der Waals surface area contributed by atoms with Gasteiger partial charge in [0.05, 0.1) is 19.6 Å². The SMILES string of the molecule is COC(=O)CC1C(=O)NCCN1C1CCCCC1. The van der Waals surface area contributed by atoms with Gasteiger partial charge in [-0.1, -0.05) is 19.3 Å². The maximum atomic E-state index is 11.9. The zero-order chi connectivity index (χ0) is 13.0. The van der Waals surface area contributed by atoms with Crippen LogP contribution in [0.4, 0.5) is 0 Å². The second-order valence-corrected chi connectivity index (χ2v) is 5.12. The molecule has 5 nitrogen and oxygen atoms in total. The predicted octanol–water partition coefficient (Wildman–Crippen LogP) is 0.683. The van der Waals surface area contributed by atoms with Crippen LogP contribution in [0.25, 0.3) is 0 Å². The van der Waals surface area contributed by atoms with Gasteiger partial charge in [0, 0.05) is 19.1 Å². The van der Waals surface area contributed by atoms with Crippen LogP contribution in [0.5, 0.6) is 0 Å². The van der Waals surface area contributed by atoms with Crippen molar-refractivity contribution in [1.29, 1.82) is 0 Å². The van der Waals surface area contributed by atoms with Gasteiger partial charge in [0.2, 0.25) is 5.91 Å². The van der Waals surface area contributed by atoms with Crippen LogP contribution >= 0.6 is 0 Å². The van der Waals surface area contributed by atoms with Crippen LogP contribution in [0.3, 0.4) is 0 Å². The van der Waals surface area contributed by atoms with Gasteiger partial charge in [-0.25, -0.2) is 0 Å². The lowest BCUT2D eigenvalue weighted by atomic mass is 9.92. The Hall–Kier alpha value is -1.10. The molecule has 0 aromatic heterocycles. The first-order chi connectivity index (χ1) is 8.72. The van der Waals surface area contributed by atoms with Crippen LogP contribution in [0.1, 0.15) is 38.5 Å². The van der Waals surface area contributed by atoms with Crippen LogP contribution in [0, 0.1) is 0 Å². The first kappa shape index (κ1) is 13.3. The number of methoxy groups -OCH3 is 1. The fraction of sp³-hybridized carbons (Fsp3) is 0.846. The number of carbonyl (C=O) groups excluding carboxylic acids is 2. The number of amides is 1. The van der Waals surface area contributed by atoms with Gasteiger partial charge in [-0.05, 0) is 12.8 Å². The molecule has 0 bridgehead atoms. The fourth-order valence-electron chi connectivity index (χ4n) is 3.03. The molecule has 1 saturated heterocycles. The Morgan fingerprint density at radius 3 is 2.78 bits per heavy atom. The summed E-state index contributed by atoms with van der Waals surface area (Å²) in [6, 6.07) is 0.119. The summed E-state index contributed by atoms with van der Waals surface area (Å²) in [4.78, 5) is 25.6. The standard InChI is InChI=1S/C13H22N2O3/c1-18-12(16)9-11-13(17)14-7-8-15(11)10-5-3-2-4-6-10/h10-11H,2-9H2,1H3,(H,14,17). The number of hydrogen-bond donors (Lipinski definition) is 1. The number of ether oxygens (including phenoxy) is 1. The van der Waals surface area contributed by atoms with Crippen molar-refractivity contribution in [3.63, 3.8) is 0 Å². The molecule has 0 aromatic rings. The second-order valence-electron chi connectivity index (χ2n) is 5.12. The number of nitrogens with one attached hydrogen (secondary N) is 1. The van der Waals surface area contributed by atoms with Gasteiger partial charge in [-0.15, -0.1) is 0 Å². The van der Waals surface area contributed by atoms with Crippen molar-refractivity contribution < 1.29 is 14.3 Å². The molecule has 1 saturated carbocycles. The van der Waals surface area contributed by atoms with E-state index in [1.54, 1.807) is 0 Å². The van der Waals surface area contributed by atoms with Crippen LogP contribution in [0.15, 0.2) is 0 Å². The molecule has 1 aliphatic carbocycles. The quantitative estimate of drug-likeness (QED) is 0.753. The highest BCUT2D eigenvalue weighted by molar-refractivity contribution is 5.87. The third kappa shape index (κ3) is 3.02. The summed E-state index contributed by atoms with van der Waals surface area (Å²) in [5, 5.41) is 2.84. The molecule has 18 heavy (non-hydrogen) atoms. The van der Waals surface area contributed by atoms with E-state index in [9.17, 15) is 9.59 Å². The highest BCUT2D eigenvalue weighted by Crippen LogP contribution is 2.26. The average Bonchev–Trinajstić information content (AvgIpc) is 2.42. The molecule has 2 fully saturated rings. The van der Waals surface area contributed by atoms with E-state index in [0.717, 1.165) is 19.4 Å². The van der Waals surface area contributed by atoms with Gasteiger partial charge >= 0.3 is 5.97 Å². The molecule has 0 aromatic carbocycles. The predicted molar refractivity (Wildman–Crippen MR) is 67.0 cm³/mol. The van der Waals surface area contributed by atoms with Gasteiger partial charge in [0.25, 0.3) is 0 Å². The van der Waals surface area contributed by atoms with Gasteiger partial charge in [0.15, 0.2) is 0 Å². The molecule has 1 unspecified atom stereocenters. The Morgan fingerprint density at radius 2 is 2.11 bits per heavy atom. The number of nitrogens with zero attached hydrogens (tertiary/aromatic N) is 1. The Kier molecular flexibility index (Phi) is 4.58. The molecule has 0 radical (unpaired) electrons. The molecule has 1 atom stereocenters. The number of rotatable bonds is 3. The van der Waals surface area contributed by atoms with Crippen LogP contribution in [-0.4, -0.2) is 49.1 Å². The van der Waals surface area contributed by atoms with Crippen LogP contribution in [-0.2, 0) is 14.3 Å². The van der Waals surface area contributed by atoms with E-state index < -0.39 is 0 Å². The molecule has 5 heteroatoms. The molecule has 102 valence electrons. The highest BCUT2D eigenvalue weighted by Gasteiger charge is 2.36. The van der Waals surface area contributed by atoms with Crippen LogP contribution < -0.4 is 5.32 Å². The minimum absolute atomic E-state index is 0.0303. The molecule has 1 amide bonds. The van der Waals surface area contributed by atoms with Crippen molar-refractivity contribution in [3.05, 3.63) is 0 Å². The summed E-state index contributed by atoms with van der Waals surface area (Å²) in [6.07, 6.45) is 6.20. The largest absolute Gasteiger partial charge is 0.469 e. The molecule has 1 N–H and O–H groups in total. The third-order valence-corrected chi connectivity index (χ3v) is 4.00. The first-order valence-corrected chi connectivity index (χ1v) is 6.82. The maximum absolute atomic E-state index is 11.9. The molecular weight excluding hydrogens is 232 g/mol. The number of hydrogen-bond acceptors (Lipinski definition) is 4. The van der Waals surface area contributed by atoms with E-state index in [-0.39, 0.29) is 24.3 Å². The monoisotopic (exact) mass is 254 g/mol. The lowest BCUT2D eigenvalue weighted by Gasteiger charge is -2.41. The lowest BCUT2D eigenvalue weighted by Crippen LogP contribution is -2.59. The second kappa shape index (κ2) is 6.18. The summed E-state index contributed by atoms with van der Waals surface area (Å²) >= 11 is 0. The normalized spacial score (nSPS) is 26.7. The van der Waals surface area contributed by atoms with Crippen molar-refractivity contribution in [2.45, 2.75) is 50.6 Å². The first-order valence-electron chi connectivity index (χ1n) is 6.82. The van der Waals surface area contributed by atoms with Gasteiger partial charge < -0.3 is 10.1 Å². The van der Waals surface area contributed by atoms with Crippen molar-refractivity contribution >= 4 is 11.9 Å². The minimum Gasteiger partial charge on any atom is -0.469 e. The summed E-state index contributed by atoms with van der Waals surface area (Å²) in [6.45, 7) is 1.53. The van der Waals surface area contributed by atoms with Crippen molar-refractivity contribution in [3.8, 4) is 0 Å². The average molecular weight is 254 g/mol. The Balaban J connectivity index is 2.03. The minimum atomic E-state index is -0.339.